The van der Waals surface area contributed by atoms with Gasteiger partial charge in [-0.2, -0.15) is 8.78 Å². The molecule has 0 spiro atoms. The third-order valence-corrected chi connectivity index (χ3v) is 5.63. The van der Waals surface area contributed by atoms with Gasteiger partial charge < -0.3 is 29.7 Å². The Morgan fingerprint density at radius 2 is 1.78 bits per heavy atom. The lowest BCUT2D eigenvalue weighted by Crippen LogP contribution is -2.26. The molecule has 9 nitrogen and oxygen atoms in total. The second-order valence-electron chi connectivity index (χ2n) is 8.54. The van der Waals surface area contributed by atoms with Gasteiger partial charge in [-0.05, 0) is 36.8 Å². The molecule has 0 aliphatic heterocycles. The van der Waals surface area contributed by atoms with E-state index in [1.807, 2.05) is 6.07 Å². The van der Waals surface area contributed by atoms with Gasteiger partial charge in [0.1, 0.15) is 18.2 Å². The minimum absolute atomic E-state index is 0.00118. The molecule has 0 aliphatic rings. The van der Waals surface area contributed by atoms with E-state index in [2.05, 4.69) is 15.0 Å². The standard InChI is InChI=1S/C28H23F4N3O6/c1-15(39-28(33)37)24-23(25(36)34-13-18-7-9-19(29)12-20(18)30)35-26(41-24)17-8-10-21(40-27(31)32)22(11-17)38-14-16-5-3-2-4-6-16/h2-12,15,27H,13-14H2,1H3,(H2,33,37)(H,34,36)/t15-/m0/s1. The highest BCUT2D eigenvalue weighted by Gasteiger charge is 2.27. The number of carbonyl (C=O) groups excluding carboxylic acids is 2. The maximum absolute atomic E-state index is 14.0. The number of halogens is 4. The van der Waals surface area contributed by atoms with E-state index in [1.165, 1.54) is 31.2 Å². The van der Waals surface area contributed by atoms with E-state index < -0.39 is 36.4 Å². The van der Waals surface area contributed by atoms with Gasteiger partial charge in [0.15, 0.2) is 29.1 Å². The monoisotopic (exact) mass is 573 g/mol. The second kappa shape index (κ2) is 12.9. The van der Waals surface area contributed by atoms with Crippen LogP contribution in [0.3, 0.4) is 0 Å². The highest BCUT2D eigenvalue weighted by molar-refractivity contribution is 5.94. The Bertz CT molecular complexity index is 1530. The average Bonchev–Trinajstić information content (AvgIpc) is 3.38. The number of carbonyl (C=O) groups is 2. The molecule has 1 heterocycles. The van der Waals surface area contributed by atoms with Crippen molar-refractivity contribution in [3.63, 3.8) is 0 Å². The molecule has 2 amide bonds. The number of oxazole rings is 1. The summed E-state index contributed by atoms with van der Waals surface area (Å²) in [5.74, 6) is -3.16. The molecular formula is C28H23F4N3O6. The number of primary amides is 1. The number of hydrogen-bond acceptors (Lipinski definition) is 7. The van der Waals surface area contributed by atoms with E-state index in [1.54, 1.807) is 24.3 Å². The van der Waals surface area contributed by atoms with Crippen LogP contribution in [0, 0.1) is 11.6 Å². The minimum Gasteiger partial charge on any atom is -0.485 e. The molecule has 0 saturated heterocycles. The topological polar surface area (TPSA) is 126 Å². The first-order valence-electron chi connectivity index (χ1n) is 12.1. The van der Waals surface area contributed by atoms with Crippen LogP contribution in [0.25, 0.3) is 11.5 Å². The smallest absolute Gasteiger partial charge is 0.405 e. The summed E-state index contributed by atoms with van der Waals surface area (Å²) in [6.45, 7) is -2.05. The molecule has 41 heavy (non-hydrogen) atoms. The van der Waals surface area contributed by atoms with Gasteiger partial charge in [0.2, 0.25) is 5.89 Å². The quantitative estimate of drug-likeness (QED) is 0.215. The largest absolute Gasteiger partial charge is 0.485 e. The maximum atomic E-state index is 14.0. The fourth-order valence-corrected chi connectivity index (χ4v) is 3.73. The van der Waals surface area contributed by atoms with Gasteiger partial charge in [0.25, 0.3) is 5.91 Å². The predicted octanol–water partition coefficient (Wildman–Crippen LogP) is 5.89. The molecule has 0 bridgehead atoms. The molecule has 3 N–H and O–H groups in total. The molecule has 4 aromatic rings. The van der Waals surface area contributed by atoms with Crippen LogP contribution >= 0.6 is 0 Å². The zero-order valence-corrected chi connectivity index (χ0v) is 21.4. The molecular weight excluding hydrogens is 550 g/mol. The lowest BCUT2D eigenvalue weighted by atomic mass is 10.2. The van der Waals surface area contributed by atoms with Crippen molar-refractivity contribution in [1.29, 1.82) is 0 Å². The van der Waals surface area contributed by atoms with E-state index in [0.29, 0.717) is 6.07 Å². The van der Waals surface area contributed by atoms with Crippen molar-refractivity contribution in [2.45, 2.75) is 32.8 Å². The highest BCUT2D eigenvalue weighted by atomic mass is 19.3. The Labute approximate surface area is 230 Å². The van der Waals surface area contributed by atoms with Gasteiger partial charge in [-0.3, -0.25) is 4.79 Å². The number of hydrogen-bond donors (Lipinski definition) is 2. The fourth-order valence-electron chi connectivity index (χ4n) is 3.73. The van der Waals surface area contributed by atoms with Crippen molar-refractivity contribution in [1.82, 2.24) is 10.3 Å². The van der Waals surface area contributed by atoms with Crippen molar-refractivity contribution in [3.8, 4) is 23.0 Å². The van der Waals surface area contributed by atoms with Crippen molar-refractivity contribution < 1.29 is 45.8 Å². The second-order valence-corrected chi connectivity index (χ2v) is 8.54. The number of nitrogens with two attached hydrogens (primary N) is 1. The van der Waals surface area contributed by atoms with E-state index in [4.69, 9.17) is 19.6 Å². The van der Waals surface area contributed by atoms with Crippen molar-refractivity contribution in [2.24, 2.45) is 5.73 Å². The van der Waals surface area contributed by atoms with Gasteiger partial charge in [-0.15, -0.1) is 0 Å². The van der Waals surface area contributed by atoms with E-state index >= 15 is 0 Å². The number of benzene rings is 3. The van der Waals surface area contributed by atoms with Crippen LogP contribution < -0.4 is 20.5 Å². The van der Waals surface area contributed by atoms with Crippen LogP contribution in [0.15, 0.2) is 71.1 Å². The zero-order chi connectivity index (χ0) is 29.5. The normalized spacial score (nSPS) is 11.7. The maximum Gasteiger partial charge on any atom is 0.405 e. The molecule has 4 rings (SSSR count). The molecule has 1 atom stereocenters. The summed E-state index contributed by atoms with van der Waals surface area (Å²) >= 11 is 0. The van der Waals surface area contributed by atoms with Crippen LogP contribution in [0.5, 0.6) is 11.5 Å². The molecule has 214 valence electrons. The zero-order valence-electron chi connectivity index (χ0n) is 21.4. The Morgan fingerprint density at radius 1 is 1.02 bits per heavy atom. The van der Waals surface area contributed by atoms with Crippen molar-refractivity contribution >= 4 is 12.0 Å². The molecule has 1 aromatic heterocycles. The van der Waals surface area contributed by atoms with Gasteiger partial charge >= 0.3 is 12.7 Å². The molecule has 0 aliphatic carbocycles. The van der Waals surface area contributed by atoms with Crippen molar-refractivity contribution in [2.75, 3.05) is 0 Å². The summed E-state index contributed by atoms with van der Waals surface area (Å²) in [5, 5.41) is 2.45. The molecule has 0 unspecified atom stereocenters. The molecule has 3 aromatic carbocycles. The van der Waals surface area contributed by atoms with E-state index in [-0.39, 0.29) is 53.1 Å². The van der Waals surface area contributed by atoms with Gasteiger partial charge in [0.05, 0.1) is 0 Å². The third-order valence-electron chi connectivity index (χ3n) is 5.63. The average molecular weight is 573 g/mol. The van der Waals surface area contributed by atoms with Gasteiger partial charge in [0, 0.05) is 23.7 Å². The first-order chi connectivity index (χ1) is 19.6. The third kappa shape index (κ3) is 7.53. The summed E-state index contributed by atoms with van der Waals surface area (Å²) in [6, 6.07) is 15.7. The molecule has 0 saturated carbocycles. The Kier molecular flexibility index (Phi) is 9.07. The molecule has 0 radical (unpaired) electrons. The molecule has 0 fully saturated rings. The van der Waals surface area contributed by atoms with E-state index in [0.717, 1.165) is 11.6 Å². The van der Waals surface area contributed by atoms with Gasteiger partial charge in [-0.1, -0.05) is 36.4 Å². The van der Waals surface area contributed by atoms with E-state index in [9.17, 15) is 27.2 Å². The fraction of sp³-hybridized carbons (Fsp3) is 0.179. The summed E-state index contributed by atoms with van der Waals surface area (Å²) in [7, 11) is 0. The highest BCUT2D eigenvalue weighted by Crippen LogP contribution is 2.36. The predicted molar refractivity (Wildman–Crippen MR) is 136 cm³/mol. The first kappa shape index (κ1) is 28.9. The summed E-state index contributed by atoms with van der Waals surface area (Å²) in [4.78, 5) is 28.6. The van der Waals surface area contributed by atoms with Crippen molar-refractivity contribution in [3.05, 3.63) is 101 Å². The summed E-state index contributed by atoms with van der Waals surface area (Å²) in [5.41, 5.74) is 5.74. The number of alkyl halides is 2. The number of nitrogens with zero attached hydrogens (tertiary/aromatic N) is 1. The van der Waals surface area contributed by atoms with Crippen LogP contribution in [-0.2, 0) is 17.9 Å². The summed E-state index contributed by atoms with van der Waals surface area (Å²) < 4.78 is 74.3. The lowest BCUT2D eigenvalue weighted by Gasteiger charge is -2.13. The van der Waals surface area contributed by atoms with Crippen LogP contribution in [-0.4, -0.2) is 23.6 Å². The van der Waals surface area contributed by atoms with Crippen LogP contribution in [0.2, 0.25) is 0 Å². The Morgan fingerprint density at radius 3 is 2.46 bits per heavy atom. The SMILES string of the molecule is C[C@H](OC(N)=O)c1oc(-c2ccc(OC(F)F)c(OCc3ccccc3)c2)nc1C(=O)NCc1ccc(F)cc1F. The van der Waals surface area contributed by atoms with Crippen LogP contribution in [0.1, 0.15) is 40.4 Å². The minimum atomic E-state index is -3.12. The number of nitrogens with one attached hydrogen (secondary N) is 1. The number of rotatable bonds is 11. The Balaban J connectivity index is 1.65. The molecule has 13 heteroatoms. The van der Waals surface area contributed by atoms with Crippen LogP contribution in [0.4, 0.5) is 22.4 Å². The summed E-state index contributed by atoms with van der Waals surface area (Å²) in [6.07, 6.45) is -2.33. The lowest BCUT2D eigenvalue weighted by molar-refractivity contribution is -0.0515. The first-order valence-corrected chi connectivity index (χ1v) is 12.1. The Hall–Kier alpha value is -5.07. The number of amides is 2. The van der Waals surface area contributed by atoms with Gasteiger partial charge in [-0.25, -0.2) is 18.6 Å². The number of aromatic nitrogens is 1. The number of ether oxygens (including phenoxy) is 3.